The number of benzene rings is 1. The highest BCUT2D eigenvalue weighted by atomic mass is 16.7. The number of alkyl carbamates (subject to hydrolysis) is 1. The second-order valence-corrected chi connectivity index (χ2v) is 7.97. The summed E-state index contributed by atoms with van der Waals surface area (Å²) in [6, 6.07) is 5.89. The number of ether oxygens (including phenoxy) is 2. The number of hydrogen-bond donors (Lipinski definition) is 2. The maximum absolute atomic E-state index is 12.1. The van der Waals surface area contributed by atoms with E-state index in [-0.39, 0.29) is 0 Å². The minimum Gasteiger partial charge on any atom is -0.454 e. The van der Waals surface area contributed by atoms with Gasteiger partial charge in [-0.3, -0.25) is 0 Å². The Balaban J connectivity index is 1.51. The lowest BCUT2D eigenvalue weighted by molar-refractivity contribution is -0.0174. The van der Waals surface area contributed by atoms with Crippen molar-refractivity contribution >= 4 is 17.0 Å². The van der Waals surface area contributed by atoms with Crippen LogP contribution in [0.5, 0.6) is 5.75 Å². The van der Waals surface area contributed by atoms with Crippen LogP contribution in [0.4, 0.5) is 4.79 Å². The van der Waals surface area contributed by atoms with Gasteiger partial charge in [-0.25, -0.2) is 4.79 Å². The Morgan fingerprint density at radius 3 is 2.83 bits per heavy atom. The molecule has 1 aromatic heterocycles. The molecule has 0 radical (unpaired) electrons. The molecule has 2 N–H and O–H groups in total. The molecule has 3 rings (SSSR count). The molecule has 1 amide bonds. The first-order valence-corrected chi connectivity index (χ1v) is 10.6. The van der Waals surface area contributed by atoms with Crippen LogP contribution in [0.25, 0.3) is 10.9 Å². The van der Waals surface area contributed by atoms with Crippen molar-refractivity contribution in [2.45, 2.75) is 38.9 Å². The number of amides is 1. The van der Waals surface area contributed by atoms with Crippen LogP contribution in [0.3, 0.4) is 0 Å². The minimum atomic E-state index is -0.674. The van der Waals surface area contributed by atoms with Gasteiger partial charge in [0.25, 0.3) is 0 Å². The standard InChI is InChI=1S/C22H34N4O3/c1-17(29-22(27)23-11-15-26-12-5-4-6-13-26)28-20-9-7-8-19-21(20)18(16-24-19)10-14-25(2)3/h7-9,16-17,24H,4-6,10-15H2,1-3H3,(H,23,27). The Kier molecular flexibility index (Phi) is 7.77. The van der Waals surface area contributed by atoms with Crippen molar-refractivity contribution in [2.75, 3.05) is 46.8 Å². The number of carbonyl (C=O) groups excluding carboxylic acids is 1. The van der Waals surface area contributed by atoms with Crippen LogP contribution < -0.4 is 10.1 Å². The lowest BCUT2D eigenvalue weighted by Crippen LogP contribution is -2.39. The van der Waals surface area contributed by atoms with Crippen LogP contribution in [0.15, 0.2) is 24.4 Å². The number of H-pyrrole nitrogens is 1. The molecular weight excluding hydrogens is 368 g/mol. The number of aromatic nitrogens is 1. The quantitative estimate of drug-likeness (QED) is 0.631. The number of likely N-dealkylation sites (N-methyl/N-ethyl adjacent to an activating group) is 1. The molecule has 1 atom stereocenters. The Labute approximate surface area is 173 Å². The molecule has 29 heavy (non-hydrogen) atoms. The van der Waals surface area contributed by atoms with E-state index in [4.69, 9.17) is 9.47 Å². The van der Waals surface area contributed by atoms with E-state index in [1.54, 1.807) is 6.92 Å². The lowest BCUT2D eigenvalue weighted by atomic mass is 10.1. The summed E-state index contributed by atoms with van der Waals surface area (Å²) in [4.78, 5) is 19.9. The number of hydrogen-bond acceptors (Lipinski definition) is 5. The van der Waals surface area contributed by atoms with Gasteiger partial charge in [-0.05, 0) is 64.1 Å². The van der Waals surface area contributed by atoms with Crippen LogP contribution in [0, 0.1) is 0 Å². The van der Waals surface area contributed by atoms with E-state index in [1.807, 2.05) is 24.4 Å². The highest BCUT2D eigenvalue weighted by molar-refractivity contribution is 5.89. The molecule has 2 aromatic rings. The zero-order valence-corrected chi connectivity index (χ0v) is 17.9. The van der Waals surface area contributed by atoms with Gasteiger partial charge in [-0.15, -0.1) is 0 Å². The number of rotatable bonds is 9. The molecule has 2 heterocycles. The van der Waals surface area contributed by atoms with Crippen LogP contribution in [-0.4, -0.2) is 74.0 Å². The van der Waals surface area contributed by atoms with Gasteiger partial charge >= 0.3 is 6.09 Å². The summed E-state index contributed by atoms with van der Waals surface area (Å²) in [6.45, 7) is 6.39. The number of nitrogens with zero attached hydrogens (tertiary/aromatic N) is 2. The average Bonchev–Trinajstić information content (AvgIpc) is 3.11. The van der Waals surface area contributed by atoms with Gasteiger partial charge < -0.3 is 29.6 Å². The third-order valence-corrected chi connectivity index (χ3v) is 5.29. The number of fused-ring (bicyclic) bond motifs is 1. The second kappa shape index (κ2) is 10.5. The normalized spacial score (nSPS) is 16.1. The monoisotopic (exact) mass is 402 g/mol. The molecule has 1 aliphatic rings. The molecule has 160 valence electrons. The van der Waals surface area contributed by atoms with Gasteiger partial charge in [-0.1, -0.05) is 12.5 Å². The van der Waals surface area contributed by atoms with Crippen molar-refractivity contribution in [3.63, 3.8) is 0 Å². The lowest BCUT2D eigenvalue weighted by Gasteiger charge is -2.26. The van der Waals surface area contributed by atoms with E-state index in [9.17, 15) is 4.79 Å². The number of carbonyl (C=O) groups is 1. The Hall–Kier alpha value is -2.25. The number of piperidine rings is 1. The van der Waals surface area contributed by atoms with Gasteiger partial charge in [0.15, 0.2) is 0 Å². The SMILES string of the molecule is CC(OC(=O)NCCN1CCCCC1)Oc1cccc2[nH]cc(CCN(C)C)c12. The largest absolute Gasteiger partial charge is 0.454 e. The van der Waals surface area contributed by atoms with E-state index < -0.39 is 12.4 Å². The molecular formula is C22H34N4O3. The second-order valence-electron chi connectivity index (χ2n) is 7.97. The topological polar surface area (TPSA) is 69.8 Å². The first-order valence-electron chi connectivity index (χ1n) is 10.6. The molecule has 7 heteroatoms. The van der Waals surface area contributed by atoms with E-state index in [0.29, 0.717) is 6.54 Å². The van der Waals surface area contributed by atoms with E-state index in [0.717, 1.165) is 49.3 Å². The zero-order chi connectivity index (χ0) is 20.6. The maximum Gasteiger partial charge on any atom is 0.410 e. The third-order valence-electron chi connectivity index (χ3n) is 5.29. The molecule has 0 aliphatic carbocycles. The van der Waals surface area contributed by atoms with Gasteiger partial charge in [-0.2, -0.15) is 0 Å². The van der Waals surface area contributed by atoms with Gasteiger partial charge in [0, 0.05) is 43.7 Å². The van der Waals surface area contributed by atoms with Crippen molar-refractivity contribution in [2.24, 2.45) is 0 Å². The fourth-order valence-electron chi connectivity index (χ4n) is 3.75. The fourth-order valence-corrected chi connectivity index (χ4v) is 3.75. The molecule has 1 aromatic carbocycles. The first-order chi connectivity index (χ1) is 14.0. The molecule has 1 aliphatic heterocycles. The third kappa shape index (κ3) is 6.37. The molecule has 1 fully saturated rings. The van der Waals surface area contributed by atoms with E-state index in [1.165, 1.54) is 24.8 Å². The van der Waals surface area contributed by atoms with Crippen molar-refractivity contribution < 1.29 is 14.3 Å². The summed E-state index contributed by atoms with van der Waals surface area (Å²) >= 11 is 0. The highest BCUT2D eigenvalue weighted by Crippen LogP contribution is 2.30. The average molecular weight is 403 g/mol. The Morgan fingerprint density at radius 2 is 2.07 bits per heavy atom. The van der Waals surface area contributed by atoms with Gasteiger partial charge in [0.1, 0.15) is 5.75 Å². The summed E-state index contributed by atoms with van der Waals surface area (Å²) in [5.41, 5.74) is 2.22. The number of aromatic amines is 1. The van der Waals surface area contributed by atoms with Crippen LogP contribution in [0.1, 0.15) is 31.7 Å². The van der Waals surface area contributed by atoms with Crippen LogP contribution in [-0.2, 0) is 11.2 Å². The van der Waals surface area contributed by atoms with E-state index in [2.05, 4.69) is 34.2 Å². The minimum absolute atomic E-state index is 0.441. The number of nitrogens with one attached hydrogen (secondary N) is 2. The van der Waals surface area contributed by atoms with Crippen molar-refractivity contribution in [3.8, 4) is 5.75 Å². The number of likely N-dealkylation sites (tertiary alicyclic amines) is 1. The summed E-state index contributed by atoms with van der Waals surface area (Å²) in [6.07, 6.45) is 5.63. The summed E-state index contributed by atoms with van der Waals surface area (Å²) in [5, 5.41) is 3.88. The van der Waals surface area contributed by atoms with E-state index >= 15 is 0 Å². The molecule has 1 saturated heterocycles. The summed E-state index contributed by atoms with van der Waals surface area (Å²) in [7, 11) is 4.12. The fraction of sp³-hybridized carbons (Fsp3) is 0.591. The first kappa shape index (κ1) is 21.5. The Bertz CT molecular complexity index is 783. The van der Waals surface area contributed by atoms with Crippen LogP contribution >= 0.6 is 0 Å². The van der Waals surface area contributed by atoms with Crippen molar-refractivity contribution in [1.29, 1.82) is 0 Å². The Morgan fingerprint density at radius 1 is 1.28 bits per heavy atom. The predicted molar refractivity (Wildman–Crippen MR) is 115 cm³/mol. The van der Waals surface area contributed by atoms with Crippen LogP contribution in [0.2, 0.25) is 0 Å². The van der Waals surface area contributed by atoms with Gasteiger partial charge in [0.05, 0.1) is 0 Å². The molecule has 0 bridgehead atoms. The van der Waals surface area contributed by atoms with Gasteiger partial charge in [0.2, 0.25) is 6.29 Å². The zero-order valence-electron chi connectivity index (χ0n) is 17.9. The molecule has 0 spiro atoms. The molecule has 1 unspecified atom stereocenters. The molecule has 7 nitrogen and oxygen atoms in total. The predicted octanol–water partition coefficient (Wildman–Crippen LogP) is 3.21. The molecule has 0 saturated carbocycles. The van der Waals surface area contributed by atoms with Crippen molar-refractivity contribution in [3.05, 3.63) is 30.0 Å². The smallest absolute Gasteiger partial charge is 0.410 e. The summed E-state index contributed by atoms with van der Waals surface area (Å²) in [5.74, 6) is 0.728. The van der Waals surface area contributed by atoms with Crippen molar-refractivity contribution in [1.82, 2.24) is 20.1 Å². The highest BCUT2D eigenvalue weighted by Gasteiger charge is 2.16. The summed E-state index contributed by atoms with van der Waals surface area (Å²) < 4.78 is 11.4. The maximum atomic E-state index is 12.1.